The van der Waals surface area contributed by atoms with E-state index in [9.17, 15) is 24.0 Å². The SMILES string of the molecule is CCOC(=O)C1=C(CN2C(=O)C(=O)N(C(C)c3ccccc3)C2=O)NC(=O)NC1c1ccccc1. The molecule has 180 valence electrons. The lowest BCUT2D eigenvalue weighted by atomic mass is 9.95. The molecule has 35 heavy (non-hydrogen) atoms. The van der Waals surface area contributed by atoms with E-state index in [0.29, 0.717) is 11.1 Å². The molecule has 2 aliphatic heterocycles. The van der Waals surface area contributed by atoms with E-state index in [0.717, 1.165) is 9.80 Å². The number of hydrogen-bond donors (Lipinski definition) is 2. The first-order valence-corrected chi connectivity index (χ1v) is 11.1. The largest absolute Gasteiger partial charge is 0.463 e. The van der Waals surface area contributed by atoms with Gasteiger partial charge in [0.15, 0.2) is 0 Å². The Bertz CT molecular complexity index is 1210. The van der Waals surface area contributed by atoms with Gasteiger partial charge in [-0.15, -0.1) is 0 Å². The predicted molar refractivity (Wildman–Crippen MR) is 123 cm³/mol. The average molecular weight is 476 g/mol. The first-order chi connectivity index (χ1) is 16.8. The summed E-state index contributed by atoms with van der Waals surface area (Å²) in [4.78, 5) is 65.8. The third-order valence-corrected chi connectivity index (χ3v) is 5.85. The van der Waals surface area contributed by atoms with E-state index in [1.807, 2.05) is 0 Å². The minimum atomic E-state index is -1.04. The molecule has 2 N–H and O–H groups in total. The molecule has 2 aromatic carbocycles. The van der Waals surface area contributed by atoms with Gasteiger partial charge in [-0.05, 0) is 25.0 Å². The monoisotopic (exact) mass is 476 g/mol. The lowest BCUT2D eigenvalue weighted by molar-refractivity contribution is -0.143. The quantitative estimate of drug-likeness (QED) is 0.359. The number of hydrogen-bond acceptors (Lipinski definition) is 6. The molecule has 6 amide bonds. The van der Waals surface area contributed by atoms with E-state index in [1.54, 1.807) is 74.5 Å². The smallest absolute Gasteiger partial charge is 0.338 e. The first kappa shape index (κ1) is 23.7. The Balaban J connectivity index is 1.70. The minimum Gasteiger partial charge on any atom is -0.463 e. The number of nitrogens with zero attached hydrogens (tertiary/aromatic N) is 2. The van der Waals surface area contributed by atoms with Crippen molar-refractivity contribution >= 4 is 29.8 Å². The fourth-order valence-corrected chi connectivity index (χ4v) is 4.13. The lowest BCUT2D eigenvalue weighted by Crippen LogP contribution is -2.49. The van der Waals surface area contributed by atoms with Crippen molar-refractivity contribution in [2.75, 3.05) is 13.2 Å². The number of urea groups is 2. The molecule has 2 aliphatic rings. The van der Waals surface area contributed by atoms with Crippen molar-refractivity contribution in [3.63, 3.8) is 0 Å². The predicted octanol–water partition coefficient (Wildman–Crippen LogP) is 2.41. The number of benzene rings is 2. The van der Waals surface area contributed by atoms with E-state index in [1.165, 1.54) is 0 Å². The molecule has 0 aliphatic carbocycles. The fraction of sp³-hybridized carbons (Fsp3) is 0.240. The molecule has 1 saturated heterocycles. The van der Waals surface area contributed by atoms with Crippen molar-refractivity contribution in [1.29, 1.82) is 0 Å². The maximum atomic E-state index is 13.2. The summed E-state index contributed by atoms with van der Waals surface area (Å²) in [5, 5.41) is 5.20. The normalized spacial score (nSPS) is 19.0. The van der Waals surface area contributed by atoms with Crippen molar-refractivity contribution < 1.29 is 28.7 Å². The van der Waals surface area contributed by atoms with Gasteiger partial charge < -0.3 is 15.4 Å². The van der Waals surface area contributed by atoms with Crippen LogP contribution in [0, 0.1) is 0 Å². The zero-order valence-corrected chi connectivity index (χ0v) is 19.2. The van der Waals surface area contributed by atoms with Crippen molar-refractivity contribution in [3.05, 3.63) is 83.1 Å². The molecule has 0 spiro atoms. The van der Waals surface area contributed by atoms with Gasteiger partial charge in [0.2, 0.25) is 0 Å². The number of imide groups is 2. The summed E-state index contributed by atoms with van der Waals surface area (Å²) in [7, 11) is 0. The third kappa shape index (κ3) is 4.50. The molecule has 2 aromatic rings. The Morgan fingerprint density at radius 1 is 0.971 bits per heavy atom. The number of nitrogens with one attached hydrogen (secondary N) is 2. The second-order valence-electron chi connectivity index (χ2n) is 7.99. The highest BCUT2D eigenvalue weighted by Crippen LogP contribution is 2.30. The molecule has 0 bridgehead atoms. The van der Waals surface area contributed by atoms with Crippen LogP contribution in [0.4, 0.5) is 9.59 Å². The molecule has 4 rings (SSSR count). The summed E-state index contributed by atoms with van der Waals surface area (Å²) in [5.41, 5.74) is 1.33. The number of rotatable bonds is 7. The fourth-order valence-electron chi connectivity index (χ4n) is 4.13. The van der Waals surface area contributed by atoms with Crippen LogP contribution in [0.2, 0.25) is 0 Å². The zero-order valence-electron chi connectivity index (χ0n) is 19.2. The van der Waals surface area contributed by atoms with Gasteiger partial charge in [-0.2, -0.15) is 0 Å². The Morgan fingerprint density at radius 3 is 2.23 bits per heavy atom. The van der Waals surface area contributed by atoms with Crippen LogP contribution in [0.15, 0.2) is 71.9 Å². The summed E-state index contributed by atoms with van der Waals surface area (Å²) in [6, 6.07) is 14.5. The Hall–Kier alpha value is -4.47. The zero-order chi connectivity index (χ0) is 25.1. The van der Waals surface area contributed by atoms with Crippen LogP contribution < -0.4 is 10.6 Å². The standard InChI is InChI=1S/C25H24N4O6/c1-3-35-23(32)19-18(26-24(33)27-20(19)17-12-8-5-9-13-17)14-28-21(30)22(31)29(25(28)34)15(2)16-10-6-4-7-11-16/h4-13,15,20H,3,14H2,1-2H3,(H2,26,27,33). The molecule has 1 fully saturated rings. The molecule has 2 heterocycles. The molecule has 0 aromatic heterocycles. The summed E-state index contributed by atoms with van der Waals surface area (Å²) < 4.78 is 5.20. The molecule has 10 nitrogen and oxygen atoms in total. The highest BCUT2D eigenvalue weighted by Gasteiger charge is 2.48. The second-order valence-corrected chi connectivity index (χ2v) is 7.99. The van der Waals surface area contributed by atoms with Crippen molar-refractivity contribution in [2.45, 2.75) is 25.9 Å². The topological polar surface area (TPSA) is 125 Å². The Kier molecular flexibility index (Phi) is 6.63. The maximum absolute atomic E-state index is 13.2. The van der Waals surface area contributed by atoms with Gasteiger partial charge in [-0.25, -0.2) is 24.2 Å². The van der Waals surface area contributed by atoms with Crippen LogP contribution in [0.5, 0.6) is 0 Å². The molecule has 10 heteroatoms. The molecule has 0 radical (unpaired) electrons. The highest BCUT2D eigenvalue weighted by atomic mass is 16.5. The number of carbonyl (C=O) groups excluding carboxylic acids is 5. The van der Waals surface area contributed by atoms with Gasteiger partial charge in [0.05, 0.1) is 36.5 Å². The molecule has 2 unspecified atom stereocenters. The van der Waals surface area contributed by atoms with E-state index in [4.69, 9.17) is 4.74 Å². The van der Waals surface area contributed by atoms with E-state index >= 15 is 0 Å². The summed E-state index contributed by atoms with van der Waals surface area (Å²) in [6.07, 6.45) is 0. The lowest BCUT2D eigenvalue weighted by Gasteiger charge is -2.30. The second kappa shape index (κ2) is 9.80. The Labute approximate surface area is 201 Å². The van der Waals surface area contributed by atoms with E-state index in [-0.39, 0.29) is 17.9 Å². The number of carbonyl (C=O) groups is 5. The van der Waals surface area contributed by atoms with E-state index < -0.39 is 48.5 Å². The van der Waals surface area contributed by atoms with Crippen LogP contribution in [0.25, 0.3) is 0 Å². The molecular formula is C25H24N4O6. The van der Waals surface area contributed by atoms with Crippen molar-refractivity contribution in [1.82, 2.24) is 20.4 Å². The van der Waals surface area contributed by atoms with Crippen LogP contribution in [-0.2, 0) is 19.1 Å². The molecular weight excluding hydrogens is 452 g/mol. The minimum absolute atomic E-state index is 0.00441. The third-order valence-electron chi connectivity index (χ3n) is 5.85. The molecule has 2 atom stereocenters. The van der Waals surface area contributed by atoms with Gasteiger partial charge in [-0.3, -0.25) is 9.59 Å². The van der Waals surface area contributed by atoms with Crippen LogP contribution in [0.3, 0.4) is 0 Å². The van der Waals surface area contributed by atoms with Gasteiger partial charge in [0.25, 0.3) is 0 Å². The molecule has 0 saturated carbocycles. The van der Waals surface area contributed by atoms with Gasteiger partial charge in [-0.1, -0.05) is 60.7 Å². The van der Waals surface area contributed by atoms with Crippen molar-refractivity contribution in [3.8, 4) is 0 Å². The van der Waals surface area contributed by atoms with Crippen LogP contribution >= 0.6 is 0 Å². The number of ether oxygens (including phenoxy) is 1. The van der Waals surface area contributed by atoms with E-state index in [2.05, 4.69) is 10.6 Å². The van der Waals surface area contributed by atoms with Crippen LogP contribution in [0.1, 0.15) is 37.1 Å². The average Bonchev–Trinajstić information content (AvgIpc) is 3.07. The maximum Gasteiger partial charge on any atom is 0.338 e. The summed E-state index contributed by atoms with van der Waals surface area (Å²) in [6.45, 7) is 2.88. The number of amides is 6. The van der Waals surface area contributed by atoms with Crippen LogP contribution in [-0.4, -0.2) is 52.8 Å². The summed E-state index contributed by atoms with van der Waals surface area (Å²) in [5.74, 6) is -2.74. The first-order valence-electron chi connectivity index (χ1n) is 11.1. The van der Waals surface area contributed by atoms with Gasteiger partial charge >= 0.3 is 29.8 Å². The van der Waals surface area contributed by atoms with Gasteiger partial charge in [0, 0.05) is 0 Å². The number of esters is 1. The van der Waals surface area contributed by atoms with Crippen molar-refractivity contribution in [2.24, 2.45) is 0 Å². The highest BCUT2D eigenvalue weighted by molar-refractivity contribution is 6.44. The summed E-state index contributed by atoms with van der Waals surface area (Å²) >= 11 is 0. The van der Waals surface area contributed by atoms with Gasteiger partial charge in [0.1, 0.15) is 0 Å². The Morgan fingerprint density at radius 2 is 1.60 bits per heavy atom.